The Bertz CT molecular complexity index is 821. The minimum atomic E-state index is -0.492. The van der Waals surface area contributed by atoms with Gasteiger partial charge in [-0.2, -0.15) is 0 Å². The molecule has 0 bridgehead atoms. The predicted octanol–water partition coefficient (Wildman–Crippen LogP) is 2.99. The maximum atomic E-state index is 13.0. The van der Waals surface area contributed by atoms with Crippen LogP contribution in [0.15, 0.2) is 48.5 Å². The van der Waals surface area contributed by atoms with Gasteiger partial charge in [-0.1, -0.05) is 18.2 Å². The van der Waals surface area contributed by atoms with Gasteiger partial charge in [-0.15, -0.1) is 0 Å². The number of anilines is 1. The summed E-state index contributed by atoms with van der Waals surface area (Å²) in [7, 11) is 1.28. The molecular weight excluding hydrogens is 351 g/mol. The number of methoxy groups -OCH3 is 1. The number of nitrogens with zero attached hydrogens (tertiary/aromatic N) is 1. The third-order valence-electron chi connectivity index (χ3n) is 3.91. The normalized spacial score (nSPS) is 10.2. The lowest BCUT2D eigenvalue weighted by molar-refractivity contribution is -0.129. The van der Waals surface area contributed by atoms with Crippen molar-refractivity contribution in [1.82, 2.24) is 4.90 Å². The van der Waals surface area contributed by atoms with Gasteiger partial charge in [-0.25, -0.2) is 9.18 Å². The SMILES string of the molecule is COC(=O)c1cccc(NC(=O)CCN(Cc2ccc(F)cc2)C(C)=O)c1. The molecule has 0 aliphatic rings. The summed E-state index contributed by atoms with van der Waals surface area (Å²) in [6.45, 7) is 1.93. The number of amides is 2. The Labute approximate surface area is 156 Å². The molecule has 0 aromatic heterocycles. The summed E-state index contributed by atoms with van der Waals surface area (Å²) in [6, 6.07) is 12.3. The summed E-state index contributed by atoms with van der Waals surface area (Å²) in [6.07, 6.45) is 0.0865. The summed E-state index contributed by atoms with van der Waals surface area (Å²) in [5, 5.41) is 2.69. The van der Waals surface area contributed by atoms with Crippen molar-refractivity contribution in [2.75, 3.05) is 19.0 Å². The van der Waals surface area contributed by atoms with Crippen LogP contribution in [0.5, 0.6) is 0 Å². The highest BCUT2D eigenvalue weighted by molar-refractivity contribution is 5.94. The van der Waals surface area contributed by atoms with E-state index in [1.165, 1.54) is 37.1 Å². The number of hydrogen-bond acceptors (Lipinski definition) is 4. The molecule has 2 amide bonds. The number of ether oxygens (including phenoxy) is 1. The second-order valence-corrected chi connectivity index (χ2v) is 5.94. The molecule has 1 N–H and O–H groups in total. The number of nitrogens with one attached hydrogen (secondary N) is 1. The van der Waals surface area contributed by atoms with E-state index in [0.29, 0.717) is 17.8 Å². The highest BCUT2D eigenvalue weighted by Crippen LogP contribution is 2.13. The Hall–Kier alpha value is -3.22. The van der Waals surface area contributed by atoms with Gasteiger partial charge in [0.2, 0.25) is 11.8 Å². The van der Waals surface area contributed by atoms with Gasteiger partial charge >= 0.3 is 5.97 Å². The van der Waals surface area contributed by atoms with Crippen LogP contribution >= 0.6 is 0 Å². The number of rotatable bonds is 7. The molecule has 0 aliphatic carbocycles. The molecule has 7 heteroatoms. The second kappa shape index (κ2) is 9.47. The van der Waals surface area contributed by atoms with Crippen LogP contribution in [0.2, 0.25) is 0 Å². The first-order valence-electron chi connectivity index (χ1n) is 8.37. The highest BCUT2D eigenvalue weighted by Gasteiger charge is 2.13. The van der Waals surface area contributed by atoms with Crippen molar-refractivity contribution < 1.29 is 23.5 Å². The van der Waals surface area contributed by atoms with Crippen molar-refractivity contribution in [2.24, 2.45) is 0 Å². The zero-order chi connectivity index (χ0) is 19.8. The van der Waals surface area contributed by atoms with E-state index in [4.69, 9.17) is 0 Å². The van der Waals surface area contributed by atoms with Gasteiger partial charge in [-0.05, 0) is 35.9 Å². The van der Waals surface area contributed by atoms with Crippen LogP contribution in [-0.4, -0.2) is 36.3 Å². The number of hydrogen-bond donors (Lipinski definition) is 1. The average molecular weight is 372 g/mol. The van der Waals surface area contributed by atoms with Gasteiger partial charge in [0, 0.05) is 32.1 Å². The molecule has 0 fully saturated rings. The summed E-state index contributed by atoms with van der Waals surface area (Å²) < 4.78 is 17.6. The lowest BCUT2D eigenvalue weighted by Crippen LogP contribution is -2.31. The molecule has 0 radical (unpaired) electrons. The van der Waals surface area contributed by atoms with Crippen LogP contribution in [0.1, 0.15) is 29.3 Å². The van der Waals surface area contributed by atoms with Gasteiger partial charge in [0.05, 0.1) is 12.7 Å². The summed E-state index contributed by atoms with van der Waals surface area (Å²) >= 11 is 0. The molecule has 2 aromatic rings. The Balaban J connectivity index is 1.93. The van der Waals surface area contributed by atoms with E-state index in [9.17, 15) is 18.8 Å². The molecule has 2 aromatic carbocycles. The molecule has 142 valence electrons. The topological polar surface area (TPSA) is 75.7 Å². The van der Waals surface area contributed by atoms with E-state index in [0.717, 1.165) is 5.56 Å². The summed E-state index contributed by atoms with van der Waals surface area (Å²) in [5.74, 6) is -1.31. The first kappa shape index (κ1) is 20.1. The Morgan fingerprint density at radius 3 is 2.44 bits per heavy atom. The smallest absolute Gasteiger partial charge is 0.337 e. The molecule has 2 rings (SSSR count). The van der Waals surface area contributed by atoms with Gasteiger partial charge < -0.3 is 15.0 Å². The van der Waals surface area contributed by atoms with E-state index in [2.05, 4.69) is 10.1 Å². The number of esters is 1. The Kier molecular flexibility index (Phi) is 7.05. The minimum Gasteiger partial charge on any atom is -0.465 e. The monoisotopic (exact) mass is 372 g/mol. The third kappa shape index (κ3) is 6.22. The predicted molar refractivity (Wildman–Crippen MR) is 98.5 cm³/mol. The van der Waals surface area contributed by atoms with E-state index in [1.807, 2.05) is 0 Å². The second-order valence-electron chi connectivity index (χ2n) is 5.94. The van der Waals surface area contributed by atoms with Gasteiger partial charge in [0.25, 0.3) is 0 Å². The van der Waals surface area contributed by atoms with Crippen LogP contribution < -0.4 is 5.32 Å². The van der Waals surface area contributed by atoms with Crippen molar-refractivity contribution in [3.8, 4) is 0 Å². The lowest BCUT2D eigenvalue weighted by Gasteiger charge is -2.21. The number of benzene rings is 2. The molecule has 0 unspecified atom stereocenters. The number of carbonyl (C=O) groups excluding carboxylic acids is 3. The minimum absolute atomic E-state index is 0.0865. The van der Waals surface area contributed by atoms with Crippen LogP contribution in [0.25, 0.3) is 0 Å². The van der Waals surface area contributed by atoms with E-state index < -0.39 is 5.97 Å². The molecule has 0 aliphatic heterocycles. The quantitative estimate of drug-likeness (QED) is 0.758. The van der Waals surface area contributed by atoms with Gasteiger partial charge in [-0.3, -0.25) is 9.59 Å². The third-order valence-corrected chi connectivity index (χ3v) is 3.91. The fourth-order valence-electron chi connectivity index (χ4n) is 2.46. The summed E-state index contributed by atoms with van der Waals surface area (Å²) in [4.78, 5) is 37.0. The van der Waals surface area contributed by atoms with E-state index >= 15 is 0 Å². The molecule has 6 nitrogen and oxygen atoms in total. The lowest BCUT2D eigenvalue weighted by atomic mass is 10.2. The first-order chi connectivity index (χ1) is 12.9. The molecular formula is C20H21FN2O4. The summed E-state index contributed by atoms with van der Waals surface area (Å²) in [5.41, 5.74) is 1.57. The van der Waals surface area contributed by atoms with Crippen molar-refractivity contribution in [1.29, 1.82) is 0 Å². The fourth-order valence-corrected chi connectivity index (χ4v) is 2.46. The van der Waals surface area contributed by atoms with Crippen molar-refractivity contribution in [3.63, 3.8) is 0 Å². The van der Waals surface area contributed by atoms with Crippen molar-refractivity contribution in [3.05, 3.63) is 65.5 Å². The molecule has 0 atom stereocenters. The number of halogens is 1. The van der Waals surface area contributed by atoms with E-state index in [1.54, 1.807) is 30.3 Å². The van der Waals surface area contributed by atoms with Crippen LogP contribution in [0, 0.1) is 5.82 Å². The van der Waals surface area contributed by atoms with Crippen LogP contribution in [-0.2, 0) is 20.9 Å². The van der Waals surface area contributed by atoms with Crippen molar-refractivity contribution in [2.45, 2.75) is 19.9 Å². The zero-order valence-electron chi connectivity index (χ0n) is 15.2. The average Bonchev–Trinajstić information content (AvgIpc) is 2.66. The maximum Gasteiger partial charge on any atom is 0.337 e. The molecule has 27 heavy (non-hydrogen) atoms. The zero-order valence-corrected chi connectivity index (χ0v) is 15.2. The van der Waals surface area contributed by atoms with Crippen LogP contribution in [0.4, 0.5) is 10.1 Å². The van der Waals surface area contributed by atoms with Crippen molar-refractivity contribution >= 4 is 23.5 Å². The van der Waals surface area contributed by atoms with Crippen LogP contribution in [0.3, 0.4) is 0 Å². The maximum absolute atomic E-state index is 13.0. The molecule has 0 spiro atoms. The molecule has 0 heterocycles. The van der Waals surface area contributed by atoms with E-state index in [-0.39, 0.29) is 30.6 Å². The Morgan fingerprint density at radius 2 is 1.81 bits per heavy atom. The van der Waals surface area contributed by atoms with Gasteiger partial charge in [0.1, 0.15) is 5.82 Å². The first-order valence-corrected chi connectivity index (χ1v) is 8.37. The molecule has 0 saturated heterocycles. The van der Waals surface area contributed by atoms with Gasteiger partial charge in [0.15, 0.2) is 0 Å². The number of carbonyl (C=O) groups is 3. The standard InChI is InChI=1S/C20H21FN2O4/c1-14(24)23(13-15-6-8-17(21)9-7-15)11-10-19(25)22-18-5-3-4-16(12-18)20(26)27-2/h3-9,12H,10-11,13H2,1-2H3,(H,22,25). The fraction of sp³-hybridized carbons (Fsp3) is 0.250. The largest absolute Gasteiger partial charge is 0.465 e. The highest BCUT2D eigenvalue weighted by atomic mass is 19.1. The Morgan fingerprint density at radius 1 is 1.11 bits per heavy atom. The molecule has 0 saturated carbocycles.